The summed E-state index contributed by atoms with van der Waals surface area (Å²) in [6.45, 7) is 2.47. The first-order valence-electron chi connectivity index (χ1n) is 6.64. The molecule has 5 nitrogen and oxygen atoms in total. The van der Waals surface area contributed by atoms with E-state index in [1.807, 2.05) is 25.1 Å². The Bertz CT molecular complexity index is 525. The Labute approximate surface area is 112 Å². The monoisotopic (exact) mass is 259 g/mol. The topological polar surface area (TPSA) is 62.3 Å². The Morgan fingerprint density at radius 2 is 2.16 bits per heavy atom. The Balaban J connectivity index is 1.75. The van der Waals surface area contributed by atoms with Crippen LogP contribution in [0.15, 0.2) is 18.2 Å². The minimum atomic E-state index is -0.314. The van der Waals surface area contributed by atoms with E-state index in [0.717, 1.165) is 24.2 Å². The highest BCUT2D eigenvalue weighted by Gasteiger charge is 2.42. The maximum Gasteiger partial charge on any atom is 0.246 e. The van der Waals surface area contributed by atoms with Crippen LogP contribution in [0.1, 0.15) is 24.2 Å². The van der Waals surface area contributed by atoms with Crippen LogP contribution in [0.4, 0.5) is 0 Å². The third-order valence-electron chi connectivity index (χ3n) is 3.62. The highest BCUT2D eigenvalue weighted by Crippen LogP contribution is 2.34. The Morgan fingerprint density at radius 3 is 2.84 bits per heavy atom. The summed E-state index contributed by atoms with van der Waals surface area (Å²) in [4.78, 5) is 30.0. The van der Waals surface area contributed by atoms with Crippen LogP contribution < -0.4 is 5.32 Å². The molecule has 1 aromatic rings. The highest BCUT2D eigenvalue weighted by atomic mass is 16.2. The first kappa shape index (κ1) is 12.1. The van der Waals surface area contributed by atoms with Crippen molar-refractivity contribution in [2.45, 2.75) is 32.4 Å². The second-order valence-electron chi connectivity index (χ2n) is 5.35. The highest BCUT2D eigenvalue weighted by molar-refractivity contribution is 5.95. The van der Waals surface area contributed by atoms with Crippen molar-refractivity contribution in [3.8, 4) is 0 Å². The Hall–Kier alpha value is -1.91. The molecule has 0 radical (unpaired) electrons. The fourth-order valence-corrected chi connectivity index (χ4v) is 2.49. The lowest BCUT2D eigenvalue weighted by Crippen LogP contribution is -2.58. The number of aryl methyl sites for hydroxylation is 1. The van der Waals surface area contributed by atoms with Crippen molar-refractivity contribution in [2.24, 2.45) is 5.92 Å². The summed E-state index contributed by atoms with van der Waals surface area (Å²) in [7, 11) is 0. The number of carbonyl (C=O) groups is 2. The molecule has 2 amide bonds. The molecule has 1 aliphatic heterocycles. The molecule has 2 fully saturated rings. The molecule has 19 heavy (non-hydrogen) atoms. The van der Waals surface area contributed by atoms with E-state index in [4.69, 9.17) is 0 Å². The Kier molecular flexibility index (Phi) is 2.97. The van der Waals surface area contributed by atoms with Crippen molar-refractivity contribution in [3.63, 3.8) is 0 Å². The smallest absolute Gasteiger partial charge is 0.246 e. The maximum atomic E-state index is 12.3. The van der Waals surface area contributed by atoms with E-state index in [1.54, 1.807) is 4.90 Å². The maximum absolute atomic E-state index is 12.3. The Morgan fingerprint density at radius 1 is 1.37 bits per heavy atom. The minimum absolute atomic E-state index is 0.0328. The van der Waals surface area contributed by atoms with E-state index >= 15 is 0 Å². The van der Waals surface area contributed by atoms with Gasteiger partial charge in [-0.3, -0.25) is 14.6 Å². The number of aromatic nitrogens is 1. The molecule has 100 valence electrons. The van der Waals surface area contributed by atoms with Crippen LogP contribution >= 0.6 is 0 Å². The zero-order valence-electron chi connectivity index (χ0n) is 10.9. The van der Waals surface area contributed by atoms with Gasteiger partial charge in [0.1, 0.15) is 12.6 Å². The minimum Gasteiger partial charge on any atom is -0.342 e. The summed E-state index contributed by atoms with van der Waals surface area (Å²) in [5.41, 5.74) is 1.75. The van der Waals surface area contributed by atoms with E-state index in [-0.39, 0.29) is 24.4 Å². The lowest BCUT2D eigenvalue weighted by atomic mass is 10.1. The van der Waals surface area contributed by atoms with Crippen molar-refractivity contribution in [2.75, 3.05) is 6.54 Å². The van der Waals surface area contributed by atoms with Crippen molar-refractivity contribution in [1.29, 1.82) is 0 Å². The zero-order valence-corrected chi connectivity index (χ0v) is 10.9. The summed E-state index contributed by atoms with van der Waals surface area (Å²) in [6.07, 6.45) is 2.07. The first-order chi connectivity index (χ1) is 9.13. The lowest BCUT2D eigenvalue weighted by Gasteiger charge is -2.32. The third kappa shape index (κ3) is 2.59. The van der Waals surface area contributed by atoms with Crippen LogP contribution in [0.3, 0.4) is 0 Å². The number of piperazine rings is 1. The van der Waals surface area contributed by atoms with Crippen molar-refractivity contribution >= 4 is 11.8 Å². The van der Waals surface area contributed by atoms with E-state index < -0.39 is 0 Å². The number of hydrogen-bond donors (Lipinski definition) is 1. The van der Waals surface area contributed by atoms with Gasteiger partial charge in [0.25, 0.3) is 0 Å². The van der Waals surface area contributed by atoms with Crippen LogP contribution in [-0.4, -0.2) is 34.3 Å². The molecular formula is C14H17N3O2. The van der Waals surface area contributed by atoms with Crippen LogP contribution in [-0.2, 0) is 16.1 Å². The van der Waals surface area contributed by atoms with Gasteiger partial charge < -0.3 is 10.2 Å². The molecule has 1 aromatic heterocycles. The number of carbonyl (C=O) groups excluding carboxylic acids is 2. The van der Waals surface area contributed by atoms with E-state index in [1.165, 1.54) is 0 Å². The number of hydrogen-bond acceptors (Lipinski definition) is 3. The molecule has 2 aliphatic rings. The molecule has 1 unspecified atom stereocenters. The van der Waals surface area contributed by atoms with Gasteiger partial charge in [0.15, 0.2) is 0 Å². The van der Waals surface area contributed by atoms with Gasteiger partial charge in [-0.05, 0) is 37.8 Å². The predicted molar refractivity (Wildman–Crippen MR) is 69.0 cm³/mol. The molecule has 1 saturated carbocycles. The fourth-order valence-electron chi connectivity index (χ4n) is 2.49. The SMILES string of the molecule is Cc1cccc(CN2CC(=O)NC(C3CC3)C2=O)n1. The number of rotatable bonds is 3. The molecule has 1 atom stereocenters. The average molecular weight is 259 g/mol. The van der Waals surface area contributed by atoms with E-state index in [2.05, 4.69) is 10.3 Å². The van der Waals surface area contributed by atoms with E-state index in [9.17, 15) is 9.59 Å². The third-order valence-corrected chi connectivity index (χ3v) is 3.62. The summed E-state index contributed by atoms with van der Waals surface area (Å²) >= 11 is 0. The molecule has 0 bridgehead atoms. The van der Waals surface area contributed by atoms with Crippen LogP contribution in [0.5, 0.6) is 0 Å². The number of nitrogens with one attached hydrogen (secondary N) is 1. The normalized spacial score (nSPS) is 23.4. The average Bonchev–Trinajstić information content (AvgIpc) is 3.17. The van der Waals surface area contributed by atoms with E-state index in [0.29, 0.717) is 12.5 Å². The quantitative estimate of drug-likeness (QED) is 0.866. The fraction of sp³-hybridized carbons (Fsp3) is 0.500. The van der Waals surface area contributed by atoms with Gasteiger partial charge >= 0.3 is 0 Å². The van der Waals surface area contributed by atoms with Gasteiger partial charge in [-0.15, -0.1) is 0 Å². The summed E-state index contributed by atoms with van der Waals surface area (Å²) in [5, 5.41) is 2.80. The molecule has 1 saturated heterocycles. The molecule has 5 heteroatoms. The second-order valence-corrected chi connectivity index (χ2v) is 5.35. The van der Waals surface area contributed by atoms with Crippen LogP contribution in [0, 0.1) is 12.8 Å². The van der Waals surface area contributed by atoms with Gasteiger partial charge in [0.2, 0.25) is 11.8 Å². The van der Waals surface area contributed by atoms with Crippen LogP contribution in [0.25, 0.3) is 0 Å². The molecule has 2 heterocycles. The van der Waals surface area contributed by atoms with Gasteiger partial charge in [0, 0.05) is 5.69 Å². The van der Waals surface area contributed by atoms with Gasteiger partial charge in [0.05, 0.1) is 12.2 Å². The van der Waals surface area contributed by atoms with Gasteiger partial charge in [-0.1, -0.05) is 6.07 Å². The van der Waals surface area contributed by atoms with Gasteiger partial charge in [-0.25, -0.2) is 0 Å². The van der Waals surface area contributed by atoms with Crippen molar-refractivity contribution < 1.29 is 9.59 Å². The summed E-state index contributed by atoms with van der Waals surface area (Å²) < 4.78 is 0. The molecule has 0 spiro atoms. The first-order valence-corrected chi connectivity index (χ1v) is 6.64. The second kappa shape index (κ2) is 4.64. The predicted octanol–water partition coefficient (Wildman–Crippen LogP) is 0.627. The van der Waals surface area contributed by atoms with Gasteiger partial charge in [-0.2, -0.15) is 0 Å². The number of nitrogens with zero attached hydrogens (tertiary/aromatic N) is 2. The summed E-state index contributed by atoms with van der Waals surface area (Å²) in [5.74, 6) is 0.305. The molecule has 1 aliphatic carbocycles. The molecule has 1 N–H and O–H groups in total. The molecular weight excluding hydrogens is 242 g/mol. The number of amides is 2. The lowest BCUT2D eigenvalue weighted by molar-refractivity contribution is -0.145. The number of pyridine rings is 1. The standard InChI is InChI=1S/C14H17N3O2/c1-9-3-2-4-11(15-9)7-17-8-12(18)16-13(14(17)19)10-5-6-10/h2-4,10,13H,5-8H2,1H3,(H,16,18). The summed E-state index contributed by atoms with van der Waals surface area (Å²) in [6, 6.07) is 5.41. The van der Waals surface area contributed by atoms with Crippen molar-refractivity contribution in [1.82, 2.24) is 15.2 Å². The largest absolute Gasteiger partial charge is 0.342 e. The van der Waals surface area contributed by atoms with Crippen LogP contribution in [0.2, 0.25) is 0 Å². The van der Waals surface area contributed by atoms with Crippen molar-refractivity contribution in [3.05, 3.63) is 29.6 Å². The molecule has 0 aromatic carbocycles. The zero-order chi connectivity index (χ0) is 13.4. The molecule has 3 rings (SSSR count).